The average molecular weight is 138 g/mol. The molecule has 0 bridgehead atoms. The topological polar surface area (TPSA) is 20.2 Å². The maximum atomic E-state index is 9.32. The summed E-state index contributed by atoms with van der Waals surface area (Å²) in [6.07, 6.45) is 8.86. The van der Waals surface area contributed by atoms with Crippen molar-refractivity contribution >= 4 is 0 Å². The van der Waals surface area contributed by atoms with Crippen molar-refractivity contribution in [3.8, 4) is 0 Å². The van der Waals surface area contributed by atoms with Crippen molar-refractivity contribution in [3.63, 3.8) is 0 Å². The van der Waals surface area contributed by atoms with Gasteiger partial charge in [0.25, 0.3) is 0 Å². The summed E-state index contributed by atoms with van der Waals surface area (Å²) >= 11 is 0. The lowest BCUT2D eigenvalue weighted by molar-refractivity contribution is 0.200. The second-order valence-electron chi connectivity index (χ2n) is 3.56. The molecule has 1 nitrogen and oxygen atoms in total. The van der Waals surface area contributed by atoms with E-state index in [0.29, 0.717) is 0 Å². The molecule has 0 amide bonds. The summed E-state index contributed by atoms with van der Waals surface area (Å²) in [6, 6.07) is 0. The van der Waals surface area contributed by atoms with Crippen LogP contribution in [-0.2, 0) is 0 Å². The fourth-order valence-corrected chi connectivity index (χ4v) is 1.90. The van der Waals surface area contributed by atoms with Crippen LogP contribution in [0.3, 0.4) is 0 Å². The Morgan fingerprint density at radius 3 is 3.00 bits per heavy atom. The Morgan fingerprint density at radius 2 is 2.10 bits per heavy atom. The SMILES string of the molecule is OC1C=CCCC2CC2C1. The predicted molar refractivity (Wildman–Crippen MR) is 40.6 cm³/mol. The van der Waals surface area contributed by atoms with Crippen molar-refractivity contribution in [2.75, 3.05) is 0 Å². The second kappa shape index (κ2) is 2.39. The van der Waals surface area contributed by atoms with Crippen molar-refractivity contribution in [1.29, 1.82) is 0 Å². The molecule has 2 rings (SSSR count). The van der Waals surface area contributed by atoms with E-state index in [9.17, 15) is 5.11 Å². The molecule has 2 aliphatic rings. The third-order valence-electron chi connectivity index (χ3n) is 2.68. The number of hydrogen-bond donors (Lipinski definition) is 1. The monoisotopic (exact) mass is 138 g/mol. The number of allylic oxidation sites excluding steroid dienone is 1. The van der Waals surface area contributed by atoms with Crippen molar-refractivity contribution in [2.45, 2.75) is 31.8 Å². The number of aliphatic hydroxyl groups excluding tert-OH is 1. The molecule has 0 aromatic carbocycles. The largest absolute Gasteiger partial charge is 0.389 e. The quantitative estimate of drug-likeness (QED) is 0.505. The van der Waals surface area contributed by atoms with E-state index in [-0.39, 0.29) is 6.10 Å². The first-order valence-corrected chi connectivity index (χ1v) is 4.21. The molecule has 3 unspecified atom stereocenters. The molecule has 10 heavy (non-hydrogen) atoms. The van der Waals surface area contributed by atoms with E-state index in [0.717, 1.165) is 18.3 Å². The standard InChI is InChI=1S/C9H14O/c10-9-4-2-1-3-7-5-8(7)6-9/h2,4,7-10H,1,3,5-6H2. The zero-order valence-electron chi connectivity index (χ0n) is 6.16. The van der Waals surface area contributed by atoms with Gasteiger partial charge in [0.15, 0.2) is 0 Å². The normalized spacial score (nSPS) is 45.5. The lowest BCUT2D eigenvalue weighted by atomic mass is 10.0. The fraction of sp³-hybridized carbons (Fsp3) is 0.778. The summed E-state index contributed by atoms with van der Waals surface area (Å²) in [5.74, 6) is 1.82. The Balaban J connectivity index is 1.97. The molecule has 2 aliphatic carbocycles. The first kappa shape index (κ1) is 6.41. The smallest absolute Gasteiger partial charge is 0.0723 e. The molecule has 56 valence electrons. The Morgan fingerprint density at radius 1 is 1.20 bits per heavy atom. The minimum atomic E-state index is -0.143. The molecule has 0 radical (unpaired) electrons. The molecule has 0 saturated heterocycles. The number of rotatable bonds is 0. The molecular formula is C9H14O. The van der Waals surface area contributed by atoms with Crippen molar-refractivity contribution < 1.29 is 5.11 Å². The first-order valence-electron chi connectivity index (χ1n) is 4.21. The van der Waals surface area contributed by atoms with Crippen LogP contribution in [0, 0.1) is 11.8 Å². The van der Waals surface area contributed by atoms with Gasteiger partial charge in [0.2, 0.25) is 0 Å². The zero-order chi connectivity index (χ0) is 6.97. The maximum absolute atomic E-state index is 9.32. The van der Waals surface area contributed by atoms with Crippen LogP contribution in [-0.4, -0.2) is 11.2 Å². The van der Waals surface area contributed by atoms with E-state index in [4.69, 9.17) is 0 Å². The third-order valence-corrected chi connectivity index (χ3v) is 2.68. The van der Waals surface area contributed by atoms with Gasteiger partial charge in [-0.3, -0.25) is 0 Å². The number of aliphatic hydroxyl groups is 1. The highest BCUT2D eigenvalue weighted by Crippen LogP contribution is 2.46. The molecule has 1 N–H and O–H groups in total. The van der Waals surface area contributed by atoms with Crippen LogP contribution in [0.15, 0.2) is 12.2 Å². The summed E-state index contributed by atoms with van der Waals surface area (Å²) in [7, 11) is 0. The van der Waals surface area contributed by atoms with Crippen LogP contribution < -0.4 is 0 Å². The van der Waals surface area contributed by atoms with Crippen molar-refractivity contribution in [3.05, 3.63) is 12.2 Å². The van der Waals surface area contributed by atoms with Gasteiger partial charge in [0.05, 0.1) is 6.10 Å². The van der Waals surface area contributed by atoms with Crippen LogP contribution in [0.2, 0.25) is 0 Å². The van der Waals surface area contributed by atoms with Crippen LogP contribution in [0.4, 0.5) is 0 Å². The Hall–Kier alpha value is -0.300. The molecule has 1 saturated carbocycles. The summed E-state index contributed by atoms with van der Waals surface area (Å²) < 4.78 is 0. The lowest BCUT2D eigenvalue weighted by Crippen LogP contribution is -2.05. The van der Waals surface area contributed by atoms with Crippen molar-refractivity contribution in [2.24, 2.45) is 11.8 Å². The van der Waals surface area contributed by atoms with Gasteiger partial charge in [-0.25, -0.2) is 0 Å². The summed E-state index contributed by atoms with van der Waals surface area (Å²) in [4.78, 5) is 0. The van der Waals surface area contributed by atoms with Gasteiger partial charge < -0.3 is 5.11 Å². The minimum absolute atomic E-state index is 0.143. The predicted octanol–water partition coefficient (Wildman–Crippen LogP) is 1.72. The minimum Gasteiger partial charge on any atom is -0.389 e. The molecular weight excluding hydrogens is 124 g/mol. The summed E-state index contributed by atoms with van der Waals surface area (Å²) in [6.45, 7) is 0. The molecule has 0 aliphatic heterocycles. The van der Waals surface area contributed by atoms with Gasteiger partial charge in [-0.1, -0.05) is 12.2 Å². The zero-order valence-corrected chi connectivity index (χ0v) is 6.16. The average Bonchev–Trinajstić information content (AvgIpc) is 2.54. The first-order chi connectivity index (χ1) is 4.86. The van der Waals surface area contributed by atoms with Crippen molar-refractivity contribution in [1.82, 2.24) is 0 Å². The molecule has 0 heterocycles. The highest BCUT2D eigenvalue weighted by molar-refractivity contribution is 4.99. The molecule has 3 atom stereocenters. The van der Waals surface area contributed by atoms with Gasteiger partial charge in [-0.2, -0.15) is 0 Å². The highest BCUT2D eigenvalue weighted by atomic mass is 16.3. The Bertz CT molecular complexity index is 151. The molecule has 0 aromatic rings. The summed E-state index contributed by atoms with van der Waals surface area (Å²) in [5.41, 5.74) is 0. The van der Waals surface area contributed by atoms with Gasteiger partial charge in [0.1, 0.15) is 0 Å². The van der Waals surface area contributed by atoms with E-state index >= 15 is 0 Å². The van der Waals surface area contributed by atoms with Gasteiger partial charge >= 0.3 is 0 Å². The van der Waals surface area contributed by atoms with Gasteiger partial charge in [-0.05, 0) is 37.5 Å². The number of fused-ring (bicyclic) bond motifs is 1. The van der Waals surface area contributed by atoms with E-state index in [1.807, 2.05) is 6.08 Å². The van der Waals surface area contributed by atoms with Crippen LogP contribution in [0.1, 0.15) is 25.7 Å². The second-order valence-corrected chi connectivity index (χ2v) is 3.56. The lowest BCUT2D eigenvalue weighted by Gasteiger charge is -2.07. The van der Waals surface area contributed by atoms with E-state index in [1.165, 1.54) is 19.3 Å². The van der Waals surface area contributed by atoms with Gasteiger partial charge in [0, 0.05) is 0 Å². The fourth-order valence-electron chi connectivity index (χ4n) is 1.90. The van der Waals surface area contributed by atoms with E-state index < -0.39 is 0 Å². The van der Waals surface area contributed by atoms with Gasteiger partial charge in [-0.15, -0.1) is 0 Å². The summed E-state index contributed by atoms with van der Waals surface area (Å²) in [5, 5.41) is 9.32. The molecule has 1 heteroatoms. The highest BCUT2D eigenvalue weighted by Gasteiger charge is 2.37. The Labute approximate surface area is 61.8 Å². The number of hydrogen-bond acceptors (Lipinski definition) is 1. The van der Waals surface area contributed by atoms with Crippen LogP contribution in [0.5, 0.6) is 0 Å². The van der Waals surface area contributed by atoms with Crippen LogP contribution in [0.25, 0.3) is 0 Å². The van der Waals surface area contributed by atoms with Crippen LogP contribution >= 0.6 is 0 Å². The maximum Gasteiger partial charge on any atom is 0.0723 e. The molecule has 0 spiro atoms. The third kappa shape index (κ3) is 1.24. The van der Waals surface area contributed by atoms with E-state index in [1.54, 1.807) is 0 Å². The molecule has 1 fully saturated rings. The Kier molecular flexibility index (Phi) is 1.53. The molecule has 0 aromatic heterocycles. The van der Waals surface area contributed by atoms with E-state index in [2.05, 4.69) is 6.08 Å².